The zero-order valence-electron chi connectivity index (χ0n) is 5.05. The van der Waals surface area contributed by atoms with Crippen molar-refractivity contribution < 1.29 is 5.11 Å². The molecule has 1 nitrogen and oxygen atoms in total. The van der Waals surface area contributed by atoms with Gasteiger partial charge in [0.1, 0.15) is 6.10 Å². The molecular formula is C6H6Cl2OS. The normalized spacial score (nSPS) is 13.5. The molecule has 56 valence electrons. The smallest absolute Gasteiger partial charge is 0.102 e. The van der Waals surface area contributed by atoms with Gasteiger partial charge in [-0.15, -0.1) is 22.9 Å². The van der Waals surface area contributed by atoms with Crippen LogP contribution in [0.1, 0.15) is 11.0 Å². The highest BCUT2D eigenvalue weighted by atomic mass is 35.5. The predicted octanol–water partition coefficient (Wildman–Crippen LogP) is 2.67. The Morgan fingerprint density at radius 1 is 1.70 bits per heavy atom. The summed E-state index contributed by atoms with van der Waals surface area (Å²) in [5.41, 5.74) is 0. The second kappa shape index (κ2) is 3.58. The van der Waals surface area contributed by atoms with Crippen LogP contribution in [0.4, 0.5) is 0 Å². The molecule has 1 heterocycles. The average Bonchev–Trinajstić information content (AvgIpc) is 2.34. The summed E-state index contributed by atoms with van der Waals surface area (Å²) in [5, 5.41) is 11.6. The second-order valence-corrected chi connectivity index (χ2v) is 3.53. The van der Waals surface area contributed by atoms with Crippen LogP contribution in [0, 0.1) is 0 Å². The molecule has 0 bridgehead atoms. The third kappa shape index (κ3) is 1.86. The van der Waals surface area contributed by atoms with Gasteiger partial charge in [0.15, 0.2) is 0 Å². The first-order valence-corrected chi connectivity index (χ1v) is 4.51. The Morgan fingerprint density at radius 2 is 2.40 bits per heavy atom. The maximum absolute atomic E-state index is 9.16. The van der Waals surface area contributed by atoms with Crippen molar-refractivity contribution >= 4 is 34.5 Å². The fourth-order valence-electron chi connectivity index (χ4n) is 0.579. The average molecular weight is 197 g/mol. The van der Waals surface area contributed by atoms with E-state index in [1.807, 2.05) is 0 Å². The molecule has 0 radical (unpaired) electrons. The van der Waals surface area contributed by atoms with Crippen LogP contribution in [0.3, 0.4) is 0 Å². The standard InChI is InChI=1S/C6H6Cl2OS/c7-2-5(9)6-1-4(8)3-10-6/h1,3,5,9H,2H2. The van der Waals surface area contributed by atoms with Crippen molar-refractivity contribution in [3.63, 3.8) is 0 Å². The number of hydrogen-bond acceptors (Lipinski definition) is 2. The van der Waals surface area contributed by atoms with Gasteiger partial charge in [0.25, 0.3) is 0 Å². The van der Waals surface area contributed by atoms with Crippen molar-refractivity contribution in [2.45, 2.75) is 6.10 Å². The van der Waals surface area contributed by atoms with Gasteiger partial charge in [-0.25, -0.2) is 0 Å². The van der Waals surface area contributed by atoms with Crippen molar-refractivity contribution in [2.75, 3.05) is 5.88 Å². The highest BCUT2D eigenvalue weighted by Gasteiger charge is 2.07. The fraction of sp³-hybridized carbons (Fsp3) is 0.333. The molecule has 1 atom stereocenters. The van der Waals surface area contributed by atoms with Gasteiger partial charge in [0.05, 0.1) is 10.9 Å². The van der Waals surface area contributed by atoms with Crippen LogP contribution in [-0.2, 0) is 0 Å². The molecular weight excluding hydrogens is 191 g/mol. The summed E-state index contributed by atoms with van der Waals surface area (Å²) in [4.78, 5) is 0.819. The van der Waals surface area contributed by atoms with Crippen LogP contribution in [0.5, 0.6) is 0 Å². The minimum Gasteiger partial charge on any atom is -0.386 e. The van der Waals surface area contributed by atoms with Gasteiger partial charge in [0, 0.05) is 10.3 Å². The van der Waals surface area contributed by atoms with E-state index in [2.05, 4.69) is 0 Å². The van der Waals surface area contributed by atoms with E-state index in [-0.39, 0.29) is 5.88 Å². The third-order valence-electron chi connectivity index (χ3n) is 1.06. The Bertz CT molecular complexity index is 211. The monoisotopic (exact) mass is 196 g/mol. The van der Waals surface area contributed by atoms with Gasteiger partial charge >= 0.3 is 0 Å². The Kier molecular flexibility index (Phi) is 2.98. The summed E-state index contributed by atoms with van der Waals surface area (Å²) in [5.74, 6) is 0.219. The van der Waals surface area contributed by atoms with Crippen molar-refractivity contribution in [3.8, 4) is 0 Å². The zero-order valence-corrected chi connectivity index (χ0v) is 7.38. The number of thiophene rings is 1. The number of halogens is 2. The summed E-state index contributed by atoms with van der Waals surface area (Å²) in [7, 11) is 0. The predicted molar refractivity (Wildman–Crippen MR) is 45.0 cm³/mol. The van der Waals surface area contributed by atoms with Gasteiger partial charge in [0.2, 0.25) is 0 Å². The number of hydrogen-bond donors (Lipinski definition) is 1. The molecule has 4 heteroatoms. The number of aliphatic hydroxyl groups is 1. The summed E-state index contributed by atoms with van der Waals surface area (Å²) < 4.78 is 0. The fourth-order valence-corrected chi connectivity index (χ4v) is 1.90. The number of aliphatic hydroxyl groups excluding tert-OH is 1. The van der Waals surface area contributed by atoms with E-state index in [9.17, 15) is 0 Å². The van der Waals surface area contributed by atoms with Gasteiger partial charge < -0.3 is 5.11 Å². The maximum atomic E-state index is 9.16. The lowest BCUT2D eigenvalue weighted by atomic mass is 10.3. The first-order valence-electron chi connectivity index (χ1n) is 2.72. The molecule has 1 N–H and O–H groups in total. The van der Waals surface area contributed by atoms with Crippen molar-refractivity contribution in [2.24, 2.45) is 0 Å². The molecule has 1 aromatic heterocycles. The van der Waals surface area contributed by atoms with E-state index in [0.29, 0.717) is 5.02 Å². The van der Waals surface area contributed by atoms with E-state index in [1.165, 1.54) is 11.3 Å². The van der Waals surface area contributed by atoms with Gasteiger partial charge in [-0.3, -0.25) is 0 Å². The molecule has 0 aromatic carbocycles. The quantitative estimate of drug-likeness (QED) is 0.722. The molecule has 10 heavy (non-hydrogen) atoms. The lowest BCUT2D eigenvalue weighted by Gasteiger charge is -2.00. The summed E-state index contributed by atoms with van der Waals surface area (Å²) in [6.07, 6.45) is -0.570. The van der Waals surface area contributed by atoms with Crippen LogP contribution in [0.2, 0.25) is 5.02 Å². The molecule has 1 unspecified atom stereocenters. The molecule has 1 aromatic rings. The van der Waals surface area contributed by atoms with Crippen LogP contribution >= 0.6 is 34.5 Å². The maximum Gasteiger partial charge on any atom is 0.102 e. The van der Waals surface area contributed by atoms with Gasteiger partial charge in [-0.1, -0.05) is 11.6 Å². The number of alkyl halides is 1. The molecule has 1 rings (SSSR count). The topological polar surface area (TPSA) is 20.2 Å². The van der Waals surface area contributed by atoms with Gasteiger partial charge in [-0.05, 0) is 6.07 Å². The molecule has 0 spiro atoms. The van der Waals surface area contributed by atoms with Crippen LogP contribution in [0.15, 0.2) is 11.4 Å². The lowest BCUT2D eigenvalue weighted by molar-refractivity contribution is 0.206. The molecule has 0 saturated heterocycles. The Labute approximate surface area is 73.2 Å². The Balaban J connectivity index is 2.74. The summed E-state index contributed by atoms with van der Waals surface area (Å²) in [6, 6.07) is 1.72. The molecule has 0 saturated carbocycles. The van der Waals surface area contributed by atoms with Crippen molar-refractivity contribution in [1.29, 1.82) is 0 Å². The summed E-state index contributed by atoms with van der Waals surface area (Å²) in [6.45, 7) is 0. The van der Waals surface area contributed by atoms with Crippen molar-refractivity contribution in [3.05, 3.63) is 21.3 Å². The summed E-state index contributed by atoms with van der Waals surface area (Å²) >= 11 is 12.4. The van der Waals surface area contributed by atoms with E-state index >= 15 is 0 Å². The second-order valence-electron chi connectivity index (χ2n) is 1.84. The first-order chi connectivity index (χ1) is 4.74. The molecule has 0 fully saturated rings. The molecule has 0 amide bonds. The van der Waals surface area contributed by atoms with E-state index < -0.39 is 6.10 Å². The highest BCUT2D eigenvalue weighted by molar-refractivity contribution is 7.10. The Hall–Kier alpha value is 0.240. The highest BCUT2D eigenvalue weighted by Crippen LogP contribution is 2.25. The lowest BCUT2D eigenvalue weighted by Crippen LogP contribution is -1.93. The SMILES string of the molecule is OC(CCl)c1cc(Cl)cs1. The third-order valence-corrected chi connectivity index (χ3v) is 2.74. The molecule has 0 aliphatic carbocycles. The zero-order chi connectivity index (χ0) is 7.56. The first kappa shape index (κ1) is 8.34. The largest absolute Gasteiger partial charge is 0.386 e. The van der Waals surface area contributed by atoms with Crippen LogP contribution in [-0.4, -0.2) is 11.0 Å². The molecule has 0 aliphatic heterocycles. The van der Waals surface area contributed by atoms with Crippen LogP contribution in [0.25, 0.3) is 0 Å². The van der Waals surface area contributed by atoms with Crippen LogP contribution < -0.4 is 0 Å². The van der Waals surface area contributed by atoms with E-state index in [1.54, 1.807) is 11.4 Å². The van der Waals surface area contributed by atoms with E-state index in [0.717, 1.165) is 4.88 Å². The van der Waals surface area contributed by atoms with Gasteiger partial charge in [-0.2, -0.15) is 0 Å². The molecule has 0 aliphatic rings. The van der Waals surface area contributed by atoms with E-state index in [4.69, 9.17) is 28.3 Å². The number of rotatable bonds is 2. The van der Waals surface area contributed by atoms with Crippen molar-refractivity contribution in [1.82, 2.24) is 0 Å². The Morgan fingerprint density at radius 3 is 2.80 bits per heavy atom. The minimum atomic E-state index is -0.570. The minimum absolute atomic E-state index is 0.219.